The Morgan fingerprint density at radius 2 is 2.10 bits per heavy atom. The van der Waals surface area contributed by atoms with E-state index in [1.165, 1.54) is 43.0 Å². The summed E-state index contributed by atoms with van der Waals surface area (Å²) in [5.41, 5.74) is 5.03. The molecule has 1 N–H and O–H groups in total. The third kappa shape index (κ3) is 2.40. The van der Waals surface area contributed by atoms with Gasteiger partial charge < -0.3 is 9.88 Å². The number of aromatic nitrogens is 1. The lowest BCUT2D eigenvalue weighted by Gasteiger charge is -2.36. The fraction of sp³-hybridized carbons (Fsp3) is 0.579. The molecule has 1 heterocycles. The lowest BCUT2D eigenvalue weighted by atomic mass is 9.72. The average molecular weight is 284 g/mol. The molecule has 114 valence electrons. The normalized spacial score (nSPS) is 21.7. The minimum Gasteiger partial charge on any atom is -0.344 e. The lowest BCUT2D eigenvalue weighted by Crippen LogP contribution is -2.33. The minimum atomic E-state index is 0.324. The molecular formula is C19H28N2. The molecule has 1 aliphatic carbocycles. The number of nitrogens with one attached hydrogen (secondary N) is 1. The van der Waals surface area contributed by atoms with Gasteiger partial charge in [-0.25, -0.2) is 0 Å². The lowest BCUT2D eigenvalue weighted by molar-refractivity contribution is 0.340. The van der Waals surface area contributed by atoms with Crippen LogP contribution in [0.1, 0.15) is 50.8 Å². The Hall–Kier alpha value is -1.28. The summed E-state index contributed by atoms with van der Waals surface area (Å²) in [5.74, 6) is 0. The number of fused-ring (bicyclic) bond motifs is 3. The molecule has 21 heavy (non-hydrogen) atoms. The van der Waals surface area contributed by atoms with Crippen molar-refractivity contribution in [2.75, 3.05) is 13.6 Å². The SMILES string of the molecule is CCCn1c2c(c3ccccc31)CCCC2(C)CCNC. The molecule has 0 saturated heterocycles. The van der Waals surface area contributed by atoms with E-state index in [2.05, 4.69) is 55.0 Å². The molecule has 0 radical (unpaired) electrons. The van der Waals surface area contributed by atoms with Crippen LogP contribution in [0.25, 0.3) is 10.9 Å². The maximum atomic E-state index is 3.35. The van der Waals surface area contributed by atoms with Crippen LogP contribution in [-0.2, 0) is 18.4 Å². The molecule has 1 aromatic heterocycles. The fourth-order valence-corrected chi connectivity index (χ4v) is 4.19. The zero-order chi connectivity index (χ0) is 14.9. The molecule has 1 aliphatic rings. The molecule has 0 fully saturated rings. The fourth-order valence-electron chi connectivity index (χ4n) is 4.19. The topological polar surface area (TPSA) is 17.0 Å². The predicted octanol–water partition coefficient (Wildman–Crippen LogP) is 4.25. The first-order chi connectivity index (χ1) is 10.2. The Labute approximate surface area is 128 Å². The molecule has 0 aliphatic heterocycles. The van der Waals surface area contributed by atoms with Crippen LogP contribution < -0.4 is 5.32 Å². The second kappa shape index (κ2) is 5.84. The zero-order valence-corrected chi connectivity index (χ0v) is 13.7. The van der Waals surface area contributed by atoms with Gasteiger partial charge in [0, 0.05) is 28.6 Å². The summed E-state index contributed by atoms with van der Waals surface area (Å²) >= 11 is 0. The number of nitrogens with zero attached hydrogens (tertiary/aromatic N) is 1. The second-order valence-corrected chi connectivity index (χ2v) is 6.76. The van der Waals surface area contributed by atoms with Gasteiger partial charge in [-0.05, 0) is 57.3 Å². The van der Waals surface area contributed by atoms with Gasteiger partial charge in [-0.1, -0.05) is 32.0 Å². The van der Waals surface area contributed by atoms with Gasteiger partial charge in [0.15, 0.2) is 0 Å². The Bertz CT molecular complexity index is 626. The van der Waals surface area contributed by atoms with Crippen molar-refractivity contribution in [3.8, 4) is 0 Å². The smallest absolute Gasteiger partial charge is 0.0485 e. The van der Waals surface area contributed by atoms with E-state index in [1.807, 2.05) is 0 Å². The number of benzene rings is 1. The van der Waals surface area contributed by atoms with E-state index >= 15 is 0 Å². The van der Waals surface area contributed by atoms with Crippen molar-refractivity contribution in [2.45, 2.75) is 57.9 Å². The van der Waals surface area contributed by atoms with Gasteiger partial charge >= 0.3 is 0 Å². The molecular weight excluding hydrogens is 256 g/mol. The first-order valence-electron chi connectivity index (χ1n) is 8.46. The summed E-state index contributed by atoms with van der Waals surface area (Å²) in [6, 6.07) is 9.01. The summed E-state index contributed by atoms with van der Waals surface area (Å²) in [5, 5.41) is 4.84. The van der Waals surface area contributed by atoms with E-state index in [4.69, 9.17) is 0 Å². The van der Waals surface area contributed by atoms with Gasteiger partial charge in [0.2, 0.25) is 0 Å². The number of rotatable bonds is 5. The molecule has 2 nitrogen and oxygen atoms in total. The van der Waals surface area contributed by atoms with Crippen LogP contribution >= 0.6 is 0 Å². The van der Waals surface area contributed by atoms with Crippen LogP contribution in [0.3, 0.4) is 0 Å². The quantitative estimate of drug-likeness (QED) is 0.868. The van der Waals surface area contributed by atoms with Crippen molar-refractivity contribution in [1.82, 2.24) is 9.88 Å². The van der Waals surface area contributed by atoms with Gasteiger partial charge in [0.05, 0.1) is 0 Å². The second-order valence-electron chi connectivity index (χ2n) is 6.76. The van der Waals surface area contributed by atoms with Gasteiger partial charge in [-0.2, -0.15) is 0 Å². The van der Waals surface area contributed by atoms with Crippen LogP contribution in [0.15, 0.2) is 24.3 Å². The first-order valence-corrected chi connectivity index (χ1v) is 8.46. The van der Waals surface area contributed by atoms with Crippen molar-refractivity contribution < 1.29 is 0 Å². The van der Waals surface area contributed by atoms with Crippen molar-refractivity contribution in [1.29, 1.82) is 0 Å². The van der Waals surface area contributed by atoms with Crippen molar-refractivity contribution in [3.63, 3.8) is 0 Å². The van der Waals surface area contributed by atoms with Crippen LogP contribution in [0, 0.1) is 0 Å². The maximum Gasteiger partial charge on any atom is 0.0485 e. The Morgan fingerprint density at radius 1 is 1.29 bits per heavy atom. The summed E-state index contributed by atoms with van der Waals surface area (Å²) in [6.07, 6.45) is 6.33. The van der Waals surface area contributed by atoms with E-state index in [0.717, 1.165) is 13.1 Å². The third-order valence-electron chi connectivity index (χ3n) is 5.18. The molecule has 1 unspecified atom stereocenters. The minimum absolute atomic E-state index is 0.324. The monoisotopic (exact) mass is 284 g/mol. The third-order valence-corrected chi connectivity index (χ3v) is 5.18. The highest BCUT2D eigenvalue weighted by atomic mass is 15.0. The molecule has 2 aromatic rings. The Morgan fingerprint density at radius 3 is 2.86 bits per heavy atom. The maximum absolute atomic E-state index is 3.35. The predicted molar refractivity (Wildman–Crippen MR) is 91.1 cm³/mol. The highest BCUT2D eigenvalue weighted by Crippen LogP contribution is 2.44. The molecule has 1 aromatic carbocycles. The summed E-state index contributed by atoms with van der Waals surface area (Å²) < 4.78 is 2.62. The average Bonchev–Trinajstić information content (AvgIpc) is 2.82. The largest absolute Gasteiger partial charge is 0.344 e. The van der Waals surface area contributed by atoms with Crippen molar-refractivity contribution >= 4 is 10.9 Å². The van der Waals surface area contributed by atoms with E-state index in [-0.39, 0.29) is 0 Å². The zero-order valence-electron chi connectivity index (χ0n) is 13.7. The highest BCUT2D eigenvalue weighted by Gasteiger charge is 2.36. The van der Waals surface area contributed by atoms with Crippen LogP contribution in [0.4, 0.5) is 0 Å². The molecule has 0 bridgehead atoms. The summed E-state index contributed by atoms with van der Waals surface area (Å²) in [7, 11) is 2.06. The first kappa shape index (κ1) is 14.6. The van der Waals surface area contributed by atoms with E-state index < -0.39 is 0 Å². The number of hydrogen-bond donors (Lipinski definition) is 1. The molecule has 2 heteroatoms. The number of para-hydroxylation sites is 1. The van der Waals surface area contributed by atoms with Gasteiger partial charge in [0.25, 0.3) is 0 Å². The van der Waals surface area contributed by atoms with Crippen LogP contribution in [0.2, 0.25) is 0 Å². The summed E-state index contributed by atoms with van der Waals surface area (Å²) in [4.78, 5) is 0. The summed E-state index contributed by atoms with van der Waals surface area (Å²) in [6.45, 7) is 7.01. The Balaban J connectivity index is 2.20. The highest BCUT2D eigenvalue weighted by molar-refractivity contribution is 5.86. The van der Waals surface area contributed by atoms with Crippen molar-refractivity contribution in [2.24, 2.45) is 0 Å². The van der Waals surface area contributed by atoms with E-state index in [1.54, 1.807) is 11.3 Å². The van der Waals surface area contributed by atoms with Gasteiger partial charge in [0.1, 0.15) is 0 Å². The van der Waals surface area contributed by atoms with Gasteiger partial charge in [-0.15, -0.1) is 0 Å². The van der Waals surface area contributed by atoms with Crippen LogP contribution in [0.5, 0.6) is 0 Å². The van der Waals surface area contributed by atoms with Gasteiger partial charge in [-0.3, -0.25) is 0 Å². The van der Waals surface area contributed by atoms with Crippen LogP contribution in [-0.4, -0.2) is 18.2 Å². The van der Waals surface area contributed by atoms with E-state index in [0.29, 0.717) is 5.41 Å². The molecule has 0 saturated carbocycles. The number of aryl methyl sites for hydroxylation is 2. The number of hydrogen-bond acceptors (Lipinski definition) is 1. The molecule has 0 amide bonds. The molecule has 1 atom stereocenters. The van der Waals surface area contributed by atoms with Crippen molar-refractivity contribution in [3.05, 3.63) is 35.5 Å². The van der Waals surface area contributed by atoms with E-state index in [9.17, 15) is 0 Å². The Kier molecular flexibility index (Phi) is 4.08. The molecule has 0 spiro atoms. The molecule has 3 rings (SSSR count). The standard InChI is InChI=1S/C19H28N2/c1-4-14-21-17-10-6-5-8-15(17)16-9-7-11-19(2,18(16)21)12-13-20-3/h5-6,8,10,20H,4,7,9,11-14H2,1-3H3.